The molecule has 1 heterocycles. The Kier molecular flexibility index (Phi) is 2.47. The summed E-state index contributed by atoms with van der Waals surface area (Å²) < 4.78 is 0. The number of hydrogen-bond donors (Lipinski definition) is 2. The van der Waals surface area contributed by atoms with Crippen LogP contribution < -0.4 is 10.6 Å². The summed E-state index contributed by atoms with van der Waals surface area (Å²) in [7, 11) is 1.95. The molecule has 0 aliphatic carbocycles. The second-order valence-corrected chi connectivity index (χ2v) is 3.68. The molecule has 0 atom stereocenters. The van der Waals surface area contributed by atoms with Gasteiger partial charge in [-0.1, -0.05) is 5.11 Å². The van der Waals surface area contributed by atoms with Gasteiger partial charge in [0.2, 0.25) is 0 Å². The Bertz CT molecular complexity index is 470. The van der Waals surface area contributed by atoms with E-state index in [2.05, 4.69) is 10.2 Å². The van der Waals surface area contributed by atoms with E-state index in [4.69, 9.17) is 5.73 Å². The number of hydrogen-bond acceptors (Lipinski definition) is 4. The first-order valence-electron chi connectivity index (χ1n) is 4.86. The molecule has 1 aromatic carbocycles. The largest absolute Gasteiger partial charge is 0.506 e. The maximum Gasteiger partial charge on any atom is 0.356 e. The average molecular weight is 220 g/mol. The van der Waals surface area contributed by atoms with Gasteiger partial charge in [0.25, 0.3) is 0 Å². The predicted octanol–water partition coefficient (Wildman–Crippen LogP) is 1.55. The number of fused-ring (bicyclic) bond motifs is 1. The molecular weight excluding hydrogens is 208 g/mol. The lowest BCUT2D eigenvalue weighted by atomic mass is 10.1. The number of phenolic OH excluding ortho intramolecular Hbond substituents is 1. The van der Waals surface area contributed by atoms with E-state index in [1.807, 2.05) is 11.9 Å². The number of phenols is 1. The van der Waals surface area contributed by atoms with Crippen molar-refractivity contribution < 1.29 is 9.90 Å². The number of nitrogens with zero attached hydrogens (tertiary/aromatic N) is 3. The van der Waals surface area contributed by atoms with Crippen LogP contribution in [0.3, 0.4) is 0 Å². The van der Waals surface area contributed by atoms with E-state index in [1.165, 1.54) is 0 Å². The molecule has 2 amide bonds. The molecule has 0 bridgehead atoms. The zero-order valence-corrected chi connectivity index (χ0v) is 8.84. The summed E-state index contributed by atoms with van der Waals surface area (Å²) in [6.45, 7) is 0.908. The van der Waals surface area contributed by atoms with E-state index in [1.54, 1.807) is 12.1 Å². The van der Waals surface area contributed by atoms with Crippen molar-refractivity contribution in [2.24, 2.45) is 16.0 Å². The van der Waals surface area contributed by atoms with Gasteiger partial charge < -0.3 is 15.7 Å². The summed E-state index contributed by atoms with van der Waals surface area (Å²) in [6.07, 6.45) is 0.894. The van der Waals surface area contributed by atoms with Crippen LogP contribution in [0.4, 0.5) is 16.2 Å². The van der Waals surface area contributed by atoms with Gasteiger partial charge in [0.05, 0.1) is 0 Å². The molecule has 16 heavy (non-hydrogen) atoms. The molecule has 0 radical (unpaired) electrons. The first-order chi connectivity index (χ1) is 7.58. The third kappa shape index (κ3) is 1.81. The summed E-state index contributed by atoms with van der Waals surface area (Å²) >= 11 is 0. The average Bonchev–Trinajstić information content (AvgIpc) is 2.57. The molecule has 0 saturated heterocycles. The van der Waals surface area contributed by atoms with Crippen LogP contribution in [0.2, 0.25) is 0 Å². The van der Waals surface area contributed by atoms with Gasteiger partial charge in [-0.05, 0) is 18.1 Å². The second-order valence-electron chi connectivity index (χ2n) is 3.68. The molecule has 3 N–H and O–H groups in total. The zero-order chi connectivity index (χ0) is 11.7. The van der Waals surface area contributed by atoms with Gasteiger partial charge in [0, 0.05) is 25.3 Å². The Hall–Kier alpha value is -2.11. The summed E-state index contributed by atoms with van der Waals surface area (Å²) in [5, 5.41) is 16.5. The highest BCUT2D eigenvalue weighted by Crippen LogP contribution is 2.37. The Morgan fingerprint density at radius 3 is 3.00 bits per heavy atom. The van der Waals surface area contributed by atoms with Gasteiger partial charge in [-0.2, -0.15) is 0 Å². The molecule has 6 heteroatoms. The number of urea groups is 1. The lowest BCUT2D eigenvalue weighted by Gasteiger charge is -2.12. The number of benzene rings is 1. The van der Waals surface area contributed by atoms with Gasteiger partial charge in [0.1, 0.15) is 11.4 Å². The topological polar surface area (TPSA) is 91.3 Å². The van der Waals surface area contributed by atoms with E-state index >= 15 is 0 Å². The molecule has 0 saturated carbocycles. The summed E-state index contributed by atoms with van der Waals surface area (Å²) in [6, 6.07) is 2.47. The Labute approximate surface area is 92.4 Å². The van der Waals surface area contributed by atoms with Crippen LogP contribution in [0, 0.1) is 0 Å². The zero-order valence-electron chi connectivity index (χ0n) is 8.84. The Morgan fingerprint density at radius 1 is 1.56 bits per heavy atom. The molecule has 1 aliphatic rings. The molecular formula is C10H12N4O2. The van der Waals surface area contributed by atoms with Crippen molar-refractivity contribution in [3.05, 3.63) is 17.7 Å². The maximum atomic E-state index is 10.4. The van der Waals surface area contributed by atoms with Crippen molar-refractivity contribution in [2.45, 2.75) is 6.42 Å². The van der Waals surface area contributed by atoms with Crippen LogP contribution in [-0.2, 0) is 6.42 Å². The lowest BCUT2D eigenvalue weighted by molar-refractivity contribution is 0.255. The fourth-order valence-electron chi connectivity index (χ4n) is 1.76. The summed E-state index contributed by atoms with van der Waals surface area (Å²) in [5.74, 6) is -0.00231. The number of carbonyl (C=O) groups is 1. The van der Waals surface area contributed by atoms with Gasteiger partial charge in [0.15, 0.2) is 0 Å². The number of likely N-dealkylation sites (N-methyl/N-ethyl adjacent to an activating group) is 1. The van der Waals surface area contributed by atoms with Crippen LogP contribution in [0.25, 0.3) is 0 Å². The normalized spacial score (nSPS) is 14.4. The number of rotatable bonds is 1. The highest BCUT2D eigenvalue weighted by atomic mass is 16.3. The van der Waals surface area contributed by atoms with E-state index < -0.39 is 6.03 Å². The van der Waals surface area contributed by atoms with Gasteiger partial charge in [-0.3, -0.25) is 0 Å². The van der Waals surface area contributed by atoms with E-state index in [0.717, 1.165) is 24.2 Å². The number of amides is 2. The summed E-state index contributed by atoms with van der Waals surface area (Å²) in [5.41, 5.74) is 7.17. The van der Waals surface area contributed by atoms with Crippen molar-refractivity contribution in [1.29, 1.82) is 0 Å². The standard InChI is InChI=1S/C10H12N4O2/c1-14-3-2-6-4-7(12-13-10(11)16)9(15)5-8(6)14/h4-5,15H,2-3H2,1H3,(H2,11,16). The highest BCUT2D eigenvalue weighted by molar-refractivity contribution is 5.73. The Morgan fingerprint density at radius 2 is 2.31 bits per heavy atom. The quantitative estimate of drug-likeness (QED) is 0.703. The van der Waals surface area contributed by atoms with Gasteiger partial charge in [-0.15, -0.1) is 5.11 Å². The molecule has 1 aliphatic heterocycles. The van der Waals surface area contributed by atoms with Crippen LogP contribution in [0.5, 0.6) is 5.75 Å². The highest BCUT2D eigenvalue weighted by Gasteiger charge is 2.18. The van der Waals surface area contributed by atoms with Crippen molar-refractivity contribution in [1.82, 2.24) is 0 Å². The maximum absolute atomic E-state index is 10.4. The summed E-state index contributed by atoms with van der Waals surface area (Å²) in [4.78, 5) is 12.5. The third-order valence-electron chi connectivity index (χ3n) is 2.56. The van der Waals surface area contributed by atoms with E-state index in [0.29, 0.717) is 0 Å². The van der Waals surface area contributed by atoms with Crippen LogP contribution in [0.1, 0.15) is 5.56 Å². The van der Waals surface area contributed by atoms with E-state index in [9.17, 15) is 9.90 Å². The second kappa shape index (κ2) is 3.80. The molecule has 0 fully saturated rings. The number of carbonyl (C=O) groups excluding carboxylic acids is 1. The molecule has 2 rings (SSSR count). The first kappa shape index (κ1) is 10.4. The molecule has 6 nitrogen and oxygen atoms in total. The van der Waals surface area contributed by atoms with E-state index in [-0.39, 0.29) is 11.4 Å². The molecule has 84 valence electrons. The molecule has 1 aromatic rings. The minimum absolute atomic E-state index is 0.00231. The van der Waals surface area contributed by atoms with Crippen LogP contribution >= 0.6 is 0 Å². The minimum atomic E-state index is -0.878. The smallest absolute Gasteiger partial charge is 0.356 e. The number of azo groups is 1. The number of nitrogens with two attached hydrogens (primary N) is 1. The fourth-order valence-corrected chi connectivity index (χ4v) is 1.76. The SMILES string of the molecule is CN1CCc2cc(N=NC(N)=O)c(O)cc21. The first-order valence-corrected chi connectivity index (χ1v) is 4.86. The molecule has 0 spiro atoms. The van der Waals surface area contributed by atoms with Crippen LogP contribution in [0.15, 0.2) is 22.4 Å². The van der Waals surface area contributed by atoms with Crippen molar-refractivity contribution in [3.63, 3.8) is 0 Å². The van der Waals surface area contributed by atoms with Gasteiger partial charge in [-0.25, -0.2) is 4.79 Å². The number of aromatic hydroxyl groups is 1. The lowest BCUT2D eigenvalue weighted by Crippen LogP contribution is -2.12. The molecule has 0 aromatic heterocycles. The van der Waals surface area contributed by atoms with Gasteiger partial charge >= 0.3 is 6.03 Å². The fraction of sp³-hybridized carbons (Fsp3) is 0.300. The van der Waals surface area contributed by atoms with Crippen molar-refractivity contribution >= 4 is 17.4 Å². The monoisotopic (exact) mass is 220 g/mol. The molecule has 0 unspecified atom stereocenters. The third-order valence-corrected chi connectivity index (χ3v) is 2.56. The van der Waals surface area contributed by atoms with Crippen molar-refractivity contribution in [2.75, 3.05) is 18.5 Å². The van der Waals surface area contributed by atoms with Crippen LogP contribution in [-0.4, -0.2) is 24.7 Å². The Balaban J connectivity index is 2.39. The predicted molar refractivity (Wildman–Crippen MR) is 59.2 cm³/mol. The van der Waals surface area contributed by atoms with Crippen molar-refractivity contribution in [3.8, 4) is 5.75 Å². The number of anilines is 1. The number of primary amides is 1. The minimum Gasteiger partial charge on any atom is -0.506 e.